The number of carbonyl (C=O) groups is 2. The van der Waals surface area contributed by atoms with Crippen molar-refractivity contribution in [1.82, 2.24) is 9.97 Å². The van der Waals surface area contributed by atoms with E-state index in [2.05, 4.69) is 55.5 Å². The summed E-state index contributed by atoms with van der Waals surface area (Å²) in [6, 6.07) is 46.3. The maximum Gasteiger partial charge on any atom is 0.259 e. The van der Waals surface area contributed by atoms with Gasteiger partial charge in [-0.25, -0.2) is 9.97 Å². The van der Waals surface area contributed by atoms with Crippen molar-refractivity contribution < 1.29 is 9.59 Å². The fourth-order valence-corrected chi connectivity index (χ4v) is 4.84. The van der Waals surface area contributed by atoms with E-state index in [1.165, 1.54) is 11.1 Å². The fraction of sp³-hybridized carbons (Fsp3) is 0.100. The van der Waals surface area contributed by atoms with E-state index in [0.717, 1.165) is 24.2 Å². The largest absolute Gasteiger partial charge is 0.369 e. The van der Waals surface area contributed by atoms with Crippen LogP contribution in [0.5, 0.6) is 0 Å². The molecule has 240 valence electrons. The van der Waals surface area contributed by atoms with E-state index in [4.69, 9.17) is 0 Å². The van der Waals surface area contributed by atoms with Gasteiger partial charge in [0.25, 0.3) is 11.8 Å². The Morgan fingerprint density at radius 3 is 1.17 bits per heavy atom. The van der Waals surface area contributed by atoms with Gasteiger partial charge in [0, 0.05) is 36.9 Å². The molecule has 0 bridgehead atoms. The lowest BCUT2D eigenvalue weighted by Crippen LogP contribution is -2.16. The summed E-state index contributed by atoms with van der Waals surface area (Å²) in [7, 11) is 0. The van der Waals surface area contributed by atoms with Crippen LogP contribution in [-0.4, -0.2) is 34.9 Å². The molecule has 0 atom stereocenters. The lowest BCUT2D eigenvalue weighted by Gasteiger charge is -2.11. The highest BCUT2D eigenvalue weighted by Crippen LogP contribution is 2.16. The van der Waals surface area contributed by atoms with Gasteiger partial charge in [-0.15, -0.1) is 0 Å². The topological polar surface area (TPSA) is 108 Å². The van der Waals surface area contributed by atoms with Crippen LogP contribution in [0.15, 0.2) is 158 Å². The minimum atomic E-state index is -0.170. The van der Waals surface area contributed by atoms with Crippen LogP contribution in [0.4, 0.5) is 23.0 Å². The first-order valence-electron chi connectivity index (χ1n) is 15.8. The molecule has 8 nitrogen and oxygen atoms in total. The average Bonchev–Trinajstić information content (AvgIpc) is 3.14. The Bertz CT molecular complexity index is 1710. The van der Waals surface area contributed by atoms with Crippen molar-refractivity contribution in [1.29, 1.82) is 0 Å². The molecule has 8 heteroatoms. The highest BCUT2D eigenvalue weighted by atomic mass is 16.2. The Hall–Kier alpha value is -6.28. The summed E-state index contributed by atoms with van der Waals surface area (Å²) in [5.74, 6) is 0.858. The van der Waals surface area contributed by atoms with Gasteiger partial charge in [-0.2, -0.15) is 0 Å². The van der Waals surface area contributed by atoms with Crippen LogP contribution < -0.4 is 21.3 Å². The number of hydrogen-bond acceptors (Lipinski definition) is 6. The lowest BCUT2D eigenvalue weighted by molar-refractivity contribution is 0.101. The number of carbonyl (C=O) groups excluding carboxylic acids is 2. The van der Waals surface area contributed by atoms with E-state index in [9.17, 15) is 9.59 Å². The van der Waals surface area contributed by atoms with E-state index >= 15 is 0 Å². The molecule has 4 aromatic carbocycles. The molecule has 0 aliphatic heterocycles. The molecule has 0 unspecified atom stereocenters. The Morgan fingerprint density at radius 2 is 0.792 bits per heavy atom. The predicted octanol–water partition coefficient (Wildman–Crippen LogP) is 7.98. The average molecular weight is 635 g/mol. The summed E-state index contributed by atoms with van der Waals surface area (Å²) in [6.45, 7) is 1.43. The molecule has 2 heterocycles. The number of rotatable bonds is 12. The molecule has 2 aromatic heterocycles. The maximum absolute atomic E-state index is 12.5. The number of nitrogens with zero attached hydrogens (tertiary/aromatic N) is 2. The zero-order chi connectivity index (χ0) is 33.2. The van der Waals surface area contributed by atoms with Crippen molar-refractivity contribution in [3.8, 4) is 0 Å². The molecule has 0 aliphatic rings. The summed E-state index contributed by atoms with van der Waals surface area (Å²) in [6.07, 6.45) is 5.11. The highest BCUT2D eigenvalue weighted by molar-refractivity contribution is 6.08. The standard InChI is InChI=1S/2C20H19N3O/c2*24-20(23-17-10-5-2-6-11-17)18-12-7-14-21-19(18)22-15-13-16-8-3-1-4-9-16/h2*1-12,14H,13,15H2,(H,21,22)(H,23,24). The zero-order valence-corrected chi connectivity index (χ0v) is 26.6. The van der Waals surface area contributed by atoms with E-state index < -0.39 is 0 Å². The maximum atomic E-state index is 12.5. The van der Waals surface area contributed by atoms with Gasteiger partial charge in [-0.05, 0) is 72.5 Å². The van der Waals surface area contributed by atoms with Crippen molar-refractivity contribution in [2.75, 3.05) is 34.4 Å². The Balaban J connectivity index is 0.000000188. The summed E-state index contributed by atoms with van der Waals surface area (Å²) in [4.78, 5) is 33.6. The fourth-order valence-electron chi connectivity index (χ4n) is 4.84. The molecule has 0 fully saturated rings. The first kappa shape index (κ1) is 33.1. The van der Waals surface area contributed by atoms with Crippen LogP contribution in [0.25, 0.3) is 0 Å². The quantitative estimate of drug-likeness (QED) is 0.109. The van der Waals surface area contributed by atoms with Crippen LogP contribution in [0, 0.1) is 0 Å². The Kier molecular flexibility index (Phi) is 12.4. The number of hydrogen-bond donors (Lipinski definition) is 4. The van der Waals surface area contributed by atoms with E-state index in [1.54, 1.807) is 36.7 Å². The number of pyridine rings is 2. The van der Waals surface area contributed by atoms with Gasteiger partial charge in [0.2, 0.25) is 0 Å². The SMILES string of the molecule is O=C(Nc1ccccc1)c1cccnc1NCCc1ccccc1.O=C(Nc1ccccc1)c1cccnc1NCCc1ccccc1. The van der Waals surface area contributed by atoms with Crippen LogP contribution in [0.3, 0.4) is 0 Å². The summed E-state index contributed by atoms with van der Waals surface area (Å²) in [5, 5.41) is 12.3. The van der Waals surface area contributed by atoms with Crippen molar-refractivity contribution >= 4 is 34.8 Å². The van der Waals surface area contributed by atoms with E-state index in [0.29, 0.717) is 35.9 Å². The van der Waals surface area contributed by atoms with Crippen LogP contribution in [-0.2, 0) is 12.8 Å². The molecule has 0 radical (unpaired) electrons. The van der Waals surface area contributed by atoms with Gasteiger partial charge in [-0.3, -0.25) is 9.59 Å². The third-order valence-electron chi connectivity index (χ3n) is 7.27. The minimum absolute atomic E-state index is 0.170. The van der Waals surface area contributed by atoms with Gasteiger partial charge < -0.3 is 21.3 Å². The summed E-state index contributed by atoms with van der Waals surface area (Å²) in [5.41, 5.74) is 5.10. The molecule has 0 spiro atoms. The number of benzene rings is 4. The van der Waals surface area contributed by atoms with Gasteiger partial charge in [0.1, 0.15) is 11.6 Å². The predicted molar refractivity (Wildman–Crippen MR) is 195 cm³/mol. The second kappa shape index (κ2) is 18.0. The van der Waals surface area contributed by atoms with Gasteiger partial charge in [0.05, 0.1) is 11.1 Å². The summed E-state index contributed by atoms with van der Waals surface area (Å²) >= 11 is 0. The molecule has 6 aromatic rings. The summed E-state index contributed by atoms with van der Waals surface area (Å²) < 4.78 is 0. The molecular formula is C40H38N6O2. The van der Waals surface area contributed by atoms with Crippen molar-refractivity contribution in [3.05, 3.63) is 180 Å². The smallest absolute Gasteiger partial charge is 0.259 e. The normalized spacial score (nSPS) is 10.2. The first-order valence-corrected chi connectivity index (χ1v) is 15.8. The van der Waals surface area contributed by atoms with Gasteiger partial charge >= 0.3 is 0 Å². The molecular weight excluding hydrogens is 596 g/mol. The van der Waals surface area contributed by atoms with Gasteiger partial charge in [0.15, 0.2) is 0 Å². The number of aromatic nitrogens is 2. The van der Waals surface area contributed by atoms with Crippen LogP contribution in [0.2, 0.25) is 0 Å². The first-order chi connectivity index (χ1) is 23.7. The van der Waals surface area contributed by atoms with Crippen molar-refractivity contribution in [2.45, 2.75) is 12.8 Å². The molecule has 0 saturated carbocycles. The second-order valence-corrected chi connectivity index (χ2v) is 10.8. The number of nitrogens with one attached hydrogen (secondary N) is 4. The third kappa shape index (κ3) is 10.4. The molecule has 0 saturated heterocycles. The second-order valence-electron chi connectivity index (χ2n) is 10.8. The van der Waals surface area contributed by atoms with E-state index in [-0.39, 0.29) is 11.8 Å². The zero-order valence-electron chi connectivity index (χ0n) is 26.6. The molecule has 4 N–H and O–H groups in total. The monoisotopic (exact) mass is 634 g/mol. The molecule has 48 heavy (non-hydrogen) atoms. The Labute approximate surface area is 281 Å². The molecule has 6 rings (SSSR count). The molecule has 2 amide bonds. The lowest BCUT2D eigenvalue weighted by atomic mass is 10.1. The number of anilines is 4. The Morgan fingerprint density at radius 1 is 0.438 bits per heavy atom. The van der Waals surface area contributed by atoms with Crippen molar-refractivity contribution in [3.63, 3.8) is 0 Å². The number of para-hydroxylation sites is 2. The van der Waals surface area contributed by atoms with Crippen LogP contribution >= 0.6 is 0 Å². The molecule has 0 aliphatic carbocycles. The highest BCUT2D eigenvalue weighted by Gasteiger charge is 2.13. The van der Waals surface area contributed by atoms with E-state index in [1.807, 2.05) is 97.1 Å². The third-order valence-corrected chi connectivity index (χ3v) is 7.27. The van der Waals surface area contributed by atoms with Gasteiger partial charge in [-0.1, -0.05) is 97.1 Å². The minimum Gasteiger partial charge on any atom is -0.369 e. The van der Waals surface area contributed by atoms with Crippen molar-refractivity contribution in [2.24, 2.45) is 0 Å². The van der Waals surface area contributed by atoms with Crippen LogP contribution in [0.1, 0.15) is 31.8 Å². The number of amides is 2.